The van der Waals surface area contributed by atoms with Gasteiger partial charge in [-0.3, -0.25) is 0 Å². The molecule has 6 nitrogen and oxygen atoms in total. The van der Waals surface area contributed by atoms with Gasteiger partial charge in [-0.15, -0.1) is 11.8 Å². The molecular weight excluding hydrogens is 338 g/mol. The van der Waals surface area contributed by atoms with Crippen molar-refractivity contribution in [2.75, 3.05) is 33.6 Å². The number of methoxy groups -OCH3 is 3. The first-order valence-electron chi connectivity index (χ1n) is 7.45. The molecule has 1 unspecified atom stereocenters. The van der Waals surface area contributed by atoms with Gasteiger partial charge in [0.1, 0.15) is 5.75 Å². The van der Waals surface area contributed by atoms with E-state index in [1.165, 1.54) is 0 Å². The number of sulfonamides is 1. The Morgan fingerprint density at radius 3 is 2.22 bits per heavy atom. The minimum absolute atomic E-state index is 0.213. The SMILES string of the molecule is COc1cc(OC)c(C2SCCN2S(=O)(=O)C2CC2)cc1OC. The average Bonchev–Trinajstić information content (AvgIpc) is 3.31. The maximum atomic E-state index is 12.7. The second-order valence-electron chi connectivity index (χ2n) is 5.53. The predicted octanol–water partition coefficient (Wildman–Crippen LogP) is 2.25. The lowest BCUT2D eigenvalue weighted by molar-refractivity contribution is 0.344. The first-order valence-corrected chi connectivity index (χ1v) is 10.00. The highest BCUT2D eigenvalue weighted by Crippen LogP contribution is 2.48. The van der Waals surface area contributed by atoms with E-state index in [0.29, 0.717) is 23.8 Å². The fourth-order valence-electron chi connectivity index (χ4n) is 2.76. The van der Waals surface area contributed by atoms with Gasteiger partial charge in [-0.2, -0.15) is 4.31 Å². The van der Waals surface area contributed by atoms with E-state index >= 15 is 0 Å². The Hall–Kier alpha value is -1.12. The molecule has 8 heteroatoms. The third-order valence-electron chi connectivity index (χ3n) is 4.12. The Bertz CT molecular complexity index is 687. The molecule has 2 fully saturated rings. The van der Waals surface area contributed by atoms with Gasteiger partial charge in [0.25, 0.3) is 0 Å². The van der Waals surface area contributed by atoms with Gasteiger partial charge in [0.15, 0.2) is 11.5 Å². The number of rotatable bonds is 6. The van der Waals surface area contributed by atoms with Crippen molar-refractivity contribution in [2.45, 2.75) is 23.5 Å². The molecule has 2 aliphatic rings. The van der Waals surface area contributed by atoms with Crippen LogP contribution in [0.3, 0.4) is 0 Å². The summed E-state index contributed by atoms with van der Waals surface area (Å²) in [5.74, 6) is 2.51. The molecule has 1 saturated carbocycles. The van der Waals surface area contributed by atoms with Crippen molar-refractivity contribution in [3.63, 3.8) is 0 Å². The van der Waals surface area contributed by atoms with E-state index in [9.17, 15) is 8.42 Å². The molecule has 1 aliphatic carbocycles. The molecule has 1 aromatic rings. The van der Waals surface area contributed by atoms with Crippen LogP contribution in [-0.4, -0.2) is 51.6 Å². The normalized spacial score (nSPS) is 22.1. The fraction of sp³-hybridized carbons (Fsp3) is 0.600. The zero-order valence-electron chi connectivity index (χ0n) is 13.4. The predicted molar refractivity (Wildman–Crippen MR) is 89.9 cm³/mol. The van der Waals surface area contributed by atoms with Crippen LogP contribution in [-0.2, 0) is 10.0 Å². The fourth-order valence-corrected chi connectivity index (χ4v) is 6.42. The van der Waals surface area contributed by atoms with E-state index in [4.69, 9.17) is 14.2 Å². The number of ether oxygens (including phenoxy) is 3. The molecule has 0 aromatic heterocycles. The first kappa shape index (κ1) is 16.7. The average molecular weight is 359 g/mol. The molecule has 1 saturated heterocycles. The molecule has 1 aliphatic heterocycles. The summed E-state index contributed by atoms with van der Waals surface area (Å²) in [6, 6.07) is 3.56. The number of thioether (sulfide) groups is 1. The molecule has 23 heavy (non-hydrogen) atoms. The molecule has 0 N–H and O–H groups in total. The van der Waals surface area contributed by atoms with Crippen LogP contribution in [0.2, 0.25) is 0 Å². The minimum Gasteiger partial charge on any atom is -0.496 e. The molecule has 0 spiro atoms. The van der Waals surface area contributed by atoms with Crippen LogP contribution in [0.25, 0.3) is 0 Å². The van der Waals surface area contributed by atoms with Crippen LogP contribution in [0.5, 0.6) is 17.2 Å². The van der Waals surface area contributed by atoms with Crippen molar-refractivity contribution in [1.82, 2.24) is 4.31 Å². The Labute approximate surface area is 141 Å². The maximum Gasteiger partial charge on any atom is 0.218 e. The van der Waals surface area contributed by atoms with Gasteiger partial charge in [-0.05, 0) is 18.9 Å². The molecule has 3 rings (SSSR count). The standard InChI is InChI=1S/C15H21NO5S2/c1-19-12-9-14(21-3)13(20-2)8-11(12)15-16(6-7-22-15)23(17,18)10-4-5-10/h8-10,15H,4-7H2,1-3H3. The van der Waals surface area contributed by atoms with Gasteiger partial charge in [0, 0.05) is 23.9 Å². The Morgan fingerprint density at radius 1 is 1.04 bits per heavy atom. The lowest BCUT2D eigenvalue weighted by atomic mass is 10.1. The molecule has 1 aromatic carbocycles. The third-order valence-corrected chi connectivity index (χ3v) is 7.86. The lowest BCUT2D eigenvalue weighted by Gasteiger charge is -2.25. The zero-order chi connectivity index (χ0) is 16.6. The van der Waals surface area contributed by atoms with Crippen LogP contribution in [0.4, 0.5) is 0 Å². The van der Waals surface area contributed by atoms with Crippen LogP contribution >= 0.6 is 11.8 Å². The molecular formula is C15H21NO5S2. The summed E-state index contributed by atoms with van der Waals surface area (Å²) in [4.78, 5) is 0. The van der Waals surface area contributed by atoms with Crippen molar-refractivity contribution in [3.8, 4) is 17.2 Å². The quantitative estimate of drug-likeness (QED) is 0.776. The van der Waals surface area contributed by atoms with E-state index in [0.717, 1.165) is 24.2 Å². The van der Waals surface area contributed by atoms with Crippen LogP contribution in [0.1, 0.15) is 23.8 Å². The van der Waals surface area contributed by atoms with Gasteiger partial charge in [-0.1, -0.05) is 0 Å². The Morgan fingerprint density at radius 2 is 1.65 bits per heavy atom. The van der Waals surface area contributed by atoms with Crippen LogP contribution in [0, 0.1) is 0 Å². The van der Waals surface area contributed by atoms with Gasteiger partial charge >= 0.3 is 0 Å². The molecule has 0 bridgehead atoms. The lowest BCUT2D eigenvalue weighted by Crippen LogP contribution is -2.33. The number of hydrogen-bond donors (Lipinski definition) is 0. The molecule has 1 heterocycles. The largest absolute Gasteiger partial charge is 0.496 e. The van der Waals surface area contributed by atoms with E-state index in [-0.39, 0.29) is 10.6 Å². The van der Waals surface area contributed by atoms with Gasteiger partial charge in [0.05, 0.1) is 32.0 Å². The molecule has 128 valence electrons. The number of hydrogen-bond acceptors (Lipinski definition) is 6. The molecule has 0 radical (unpaired) electrons. The van der Waals surface area contributed by atoms with Crippen molar-refractivity contribution in [1.29, 1.82) is 0 Å². The summed E-state index contributed by atoms with van der Waals surface area (Å²) in [5.41, 5.74) is 0.803. The summed E-state index contributed by atoms with van der Waals surface area (Å²) in [5, 5.41) is -0.495. The van der Waals surface area contributed by atoms with Crippen molar-refractivity contribution >= 4 is 21.8 Å². The van der Waals surface area contributed by atoms with E-state index < -0.39 is 10.0 Å². The van der Waals surface area contributed by atoms with Crippen molar-refractivity contribution in [3.05, 3.63) is 17.7 Å². The van der Waals surface area contributed by atoms with Crippen LogP contribution in [0.15, 0.2) is 12.1 Å². The van der Waals surface area contributed by atoms with Crippen molar-refractivity contribution < 1.29 is 22.6 Å². The number of benzene rings is 1. The molecule has 1 atom stereocenters. The third kappa shape index (κ3) is 2.99. The first-order chi connectivity index (χ1) is 11.0. The van der Waals surface area contributed by atoms with Crippen molar-refractivity contribution in [2.24, 2.45) is 0 Å². The zero-order valence-corrected chi connectivity index (χ0v) is 15.1. The summed E-state index contributed by atoms with van der Waals surface area (Å²) < 4.78 is 43.1. The van der Waals surface area contributed by atoms with E-state index in [2.05, 4.69) is 0 Å². The van der Waals surface area contributed by atoms with Gasteiger partial charge in [-0.25, -0.2) is 8.42 Å². The number of nitrogens with zero attached hydrogens (tertiary/aromatic N) is 1. The second kappa shape index (κ2) is 6.41. The Kier molecular flexibility index (Phi) is 4.66. The molecule has 0 amide bonds. The highest BCUT2D eigenvalue weighted by molar-refractivity contribution is 8.01. The smallest absolute Gasteiger partial charge is 0.218 e. The highest BCUT2D eigenvalue weighted by atomic mass is 32.2. The van der Waals surface area contributed by atoms with Crippen LogP contribution < -0.4 is 14.2 Å². The summed E-state index contributed by atoms with van der Waals surface area (Å²) in [7, 11) is 1.46. The van der Waals surface area contributed by atoms with Gasteiger partial charge in [0.2, 0.25) is 10.0 Å². The highest BCUT2D eigenvalue weighted by Gasteiger charge is 2.46. The summed E-state index contributed by atoms with van der Waals surface area (Å²) in [6.07, 6.45) is 1.53. The summed E-state index contributed by atoms with van der Waals surface area (Å²) >= 11 is 1.61. The minimum atomic E-state index is -3.24. The maximum absolute atomic E-state index is 12.7. The van der Waals surface area contributed by atoms with Gasteiger partial charge < -0.3 is 14.2 Å². The Balaban J connectivity index is 2.02. The monoisotopic (exact) mass is 359 g/mol. The summed E-state index contributed by atoms with van der Waals surface area (Å²) in [6.45, 7) is 0.533. The topological polar surface area (TPSA) is 65.1 Å². The second-order valence-corrected chi connectivity index (χ2v) is 8.88. The van der Waals surface area contributed by atoms with E-state index in [1.807, 2.05) is 6.07 Å². The van der Waals surface area contributed by atoms with E-state index in [1.54, 1.807) is 43.5 Å².